The summed E-state index contributed by atoms with van der Waals surface area (Å²) in [6.45, 7) is 0.104. The van der Waals surface area contributed by atoms with Crippen LogP contribution in [0.25, 0.3) is 6.08 Å². The van der Waals surface area contributed by atoms with Crippen LogP contribution in [0.4, 0.5) is 0 Å². The van der Waals surface area contributed by atoms with Gasteiger partial charge in [0.2, 0.25) is 12.6 Å². The zero-order valence-electron chi connectivity index (χ0n) is 27.8. The van der Waals surface area contributed by atoms with Crippen LogP contribution in [0.5, 0.6) is 28.7 Å². The molecule has 0 amide bonds. The molecule has 13 N–H and O–H groups in total. The van der Waals surface area contributed by atoms with Gasteiger partial charge in [-0.15, -0.1) is 0 Å². The molecule has 4 aliphatic heterocycles. The average molecular weight is 759 g/mol. The average Bonchev–Trinajstić information content (AvgIpc) is 3.13. The summed E-state index contributed by atoms with van der Waals surface area (Å²) in [5.74, 6) is -1.90. The number of phenolic OH excluding ortho intramolecular Hbond substituents is 3. The molecule has 0 spiro atoms. The van der Waals surface area contributed by atoms with Gasteiger partial charge in [-0.05, 0) is 25.1 Å². The lowest BCUT2D eigenvalue weighted by molar-refractivity contribution is -0.324. The van der Waals surface area contributed by atoms with Crippen molar-refractivity contribution in [3.8, 4) is 28.7 Å². The minimum Gasteiger partial charge on any atom is -0.508 e. The van der Waals surface area contributed by atoms with E-state index < -0.39 is 123 Å². The van der Waals surface area contributed by atoms with Gasteiger partial charge in [0.15, 0.2) is 23.9 Å². The molecule has 3 fully saturated rings. The van der Waals surface area contributed by atoms with Crippen LogP contribution >= 0.6 is 0 Å². The van der Waals surface area contributed by atoms with Crippen molar-refractivity contribution in [1.29, 1.82) is 0 Å². The van der Waals surface area contributed by atoms with Crippen LogP contribution in [-0.4, -0.2) is 172 Å². The summed E-state index contributed by atoms with van der Waals surface area (Å²) in [6, 6.07) is 5.91. The van der Waals surface area contributed by atoms with Crippen molar-refractivity contribution in [2.45, 2.75) is 105 Å². The first kappa shape index (κ1) is 39.1. The second-order valence-electron chi connectivity index (χ2n) is 13.1. The second-order valence-corrected chi connectivity index (χ2v) is 13.1. The second kappa shape index (κ2) is 15.6. The Hall–Kier alpha value is -3.58. The summed E-state index contributed by atoms with van der Waals surface area (Å²) >= 11 is 0. The highest BCUT2D eigenvalue weighted by Gasteiger charge is 2.49. The standard InChI is InChI=1S/C33H42O20/c1-10-21(38)24(41)27(44)31(48-10)47-9-20-23(40)26(43)29(46)33(53-20)51-18-7-13-15(37)5-12(35)6-16(13)49-30(18)11-2-3-14(36)17(4-11)50-32-28(45)25(42)22(39)19(8-34)52-32/h2-7,10,19-46H,8-9H2,1H3/t10-,19+,20+,21-,22+,23+,24-,25-,26+,27+,28+,29+,30?,31+,32+,33+/m0/s1. The smallest absolute Gasteiger partial charge is 0.229 e. The van der Waals surface area contributed by atoms with Gasteiger partial charge in [-0.2, -0.15) is 0 Å². The molecule has 1 unspecified atom stereocenters. The van der Waals surface area contributed by atoms with E-state index in [-0.39, 0.29) is 34.1 Å². The van der Waals surface area contributed by atoms with Gasteiger partial charge in [-0.25, -0.2) is 0 Å². The monoisotopic (exact) mass is 758 g/mol. The molecule has 4 aliphatic rings. The highest BCUT2D eigenvalue weighted by atomic mass is 16.7. The summed E-state index contributed by atoms with van der Waals surface area (Å²) in [4.78, 5) is 0. The Labute approximate surface area is 300 Å². The van der Waals surface area contributed by atoms with Crippen molar-refractivity contribution in [1.82, 2.24) is 0 Å². The number of aliphatic hydroxyl groups is 10. The van der Waals surface area contributed by atoms with Crippen molar-refractivity contribution >= 4 is 6.08 Å². The highest BCUT2D eigenvalue weighted by molar-refractivity contribution is 5.70. The van der Waals surface area contributed by atoms with Gasteiger partial charge in [0.1, 0.15) is 90.2 Å². The number of ether oxygens (including phenoxy) is 7. The van der Waals surface area contributed by atoms with Crippen LogP contribution in [0, 0.1) is 0 Å². The van der Waals surface area contributed by atoms with Crippen LogP contribution in [0.2, 0.25) is 0 Å². The molecule has 0 bridgehead atoms. The van der Waals surface area contributed by atoms with E-state index in [0.29, 0.717) is 0 Å². The molecular weight excluding hydrogens is 716 g/mol. The third-order valence-electron chi connectivity index (χ3n) is 9.43. The predicted molar refractivity (Wildman–Crippen MR) is 170 cm³/mol. The maximum absolute atomic E-state index is 10.9. The molecular formula is C33H42O20. The quantitative estimate of drug-likeness (QED) is 0.116. The first-order chi connectivity index (χ1) is 25.1. The van der Waals surface area contributed by atoms with E-state index >= 15 is 0 Å². The molecule has 4 heterocycles. The number of benzene rings is 2. The number of aromatic hydroxyl groups is 3. The summed E-state index contributed by atoms with van der Waals surface area (Å²) < 4.78 is 39.8. The van der Waals surface area contributed by atoms with Crippen LogP contribution in [0.15, 0.2) is 36.1 Å². The third kappa shape index (κ3) is 7.70. The van der Waals surface area contributed by atoms with Crippen molar-refractivity contribution in [3.05, 3.63) is 47.2 Å². The molecule has 0 aromatic heterocycles. The fraction of sp³-hybridized carbons (Fsp3) is 0.576. The molecule has 0 saturated carbocycles. The van der Waals surface area contributed by atoms with Crippen molar-refractivity contribution in [2.24, 2.45) is 0 Å². The molecule has 53 heavy (non-hydrogen) atoms. The van der Waals surface area contributed by atoms with E-state index in [0.717, 1.165) is 12.1 Å². The zero-order chi connectivity index (χ0) is 38.5. The Morgan fingerprint density at radius 3 is 1.91 bits per heavy atom. The maximum atomic E-state index is 10.9. The summed E-state index contributed by atoms with van der Waals surface area (Å²) in [6.07, 6.45) is -24.3. The first-order valence-corrected chi connectivity index (χ1v) is 16.5. The summed E-state index contributed by atoms with van der Waals surface area (Å²) in [7, 11) is 0. The number of hydrogen-bond acceptors (Lipinski definition) is 20. The lowest BCUT2D eigenvalue weighted by Crippen LogP contribution is -2.61. The van der Waals surface area contributed by atoms with E-state index in [2.05, 4.69) is 0 Å². The Bertz CT molecular complexity index is 1620. The van der Waals surface area contributed by atoms with Gasteiger partial charge in [0.05, 0.1) is 24.9 Å². The van der Waals surface area contributed by atoms with Crippen molar-refractivity contribution in [2.75, 3.05) is 13.2 Å². The van der Waals surface area contributed by atoms with Crippen LogP contribution in [-0.2, 0) is 23.7 Å². The molecule has 2 aromatic rings. The molecule has 294 valence electrons. The van der Waals surface area contributed by atoms with E-state index in [1.807, 2.05) is 0 Å². The lowest BCUT2D eigenvalue weighted by atomic mass is 9.98. The van der Waals surface area contributed by atoms with Gasteiger partial charge in [-0.1, -0.05) is 6.07 Å². The van der Waals surface area contributed by atoms with E-state index in [4.69, 9.17) is 33.2 Å². The predicted octanol–water partition coefficient (Wildman–Crippen LogP) is -3.87. The fourth-order valence-corrected chi connectivity index (χ4v) is 6.28. The van der Waals surface area contributed by atoms with E-state index in [9.17, 15) is 66.4 Å². The topological polar surface area (TPSA) is 328 Å². The fourth-order valence-electron chi connectivity index (χ4n) is 6.28. The van der Waals surface area contributed by atoms with Gasteiger partial charge in [0, 0.05) is 17.7 Å². The largest absolute Gasteiger partial charge is 0.508 e. The number of phenols is 3. The van der Waals surface area contributed by atoms with E-state index in [1.165, 1.54) is 31.2 Å². The third-order valence-corrected chi connectivity index (χ3v) is 9.43. The molecule has 16 atom stereocenters. The van der Waals surface area contributed by atoms with Crippen molar-refractivity contribution in [3.63, 3.8) is 0 Å². The number of fused-ring (bicyclic) bond motifs is 1. The Morgan fingerprint density at radius 2 is 1.23 bits per heavy atom. The normalized spacial score (nSPS) is 40.1. The van der Waals surface area contributed by atoms with Crippen LogP contribution in [0.1, 0.15) is 24.2 Å². The zero-order valence-corrected chi connectivity index (χ0v) is 27.8. The van der Waals surface area contributed by atoms with Gasteiger partial charge in [0.25, 0.3) is 0 Å². The first-order valence-electron chi connectivity index (χ1n) is 16.5. The lowest BCUT2D eigenvalue weighted by Gasteiger charge is -2.43. The number of hydrogen-bond donors (Lipinski definition) is 13. The summed E-state index contributed by atoms with van der Waals surface area (Å²) in [5, 5.41) is 134. The molecule has 3 saturated heterocycles. The van der Waals surface area contributed by atoms with Gasteiger partial charge < -0.3 is 99.5 Å². The Balaban J connectivity index is 1.26. The minimum atomic E-state index is -1.91. The van der Waals surface area contributed by atoms with Gasteiger partial charge in [-0.3, -0.25) is 0 Å². The van der Waals surface area contributed by atoms with Crippen molar-refractivity contribution < 1.29 is 99.5 Å². The minimum absolute atomic E-state index is 0.00897. The molecule has 20 heteroatoms. The Morgan fingerprint density at radius 1 is 0.623 bits per heavy atom. The molecule has 0 aliphatic carbocycles. The Kier molecular flexibility index (Phi) is 11.5. The highest BCUT2D eigenvalue weighted by Crippen LogP contribution is 2.46. The van der Waals surface area contributed by atoms with E-state index in [1.54, 1.807) is 0 Å². The van der Waals surface area contributed by atoms with Gasteiger partial charge >= 0.3 is 0 Å². The molecule has 2 aromatic carbocycles. The molecule has 6 rings (SSSR count). The summed E-state index contributed by atoms with van der Waals surface area (Å²) in [5.41, 5.74) is 0.140. The number of aliphatic hydroxyl groups excluding tert-OH is 10. The molecule has 20 nitrogen and oxygen atoms in total. The maximum Gasteiger partial charge on any atom is 0.229 e. The molecule has 0 radical (unpaired) electrons. The SMILES string of the molecule is C[C@@H]1O[C@@H](OC[C@H]2O[C@@H](OC3=Cc4c(O)cc(O)cc4OC3c3ccc(O)c(O[C@@H]4O[C@H](CO)[C@@H](O)[C@H](O)[C@H]4O)c3)[C@H](O)[C@H](O)[C@@H]2O)[C@H](O)[C@@H](O)[C@H]1O. The van der Waals surface area contributed by atoms with Crippen LogP contribution < -0.4 is 9.47 Å². The number of rotatable bonds is 9. The van der Waals surface area contributed by atoms with Crippen LogP contribution in [0.3, 0.4) is 0 Å².